The van der Waals surface area contributed by atoms with E-state index < -0.39 is 0 Å². The minimum Gasteiger partial charge on any atom is -0.333 e. The van der Waals surface area contributed by atoms with Crippen LogP contribution in [-0.2, 0) is 4.79 Å². The lowest BCUT2D eigenvalue weighted by Gasteiger charge is -2.02. The highest BCUT2D eigenvalue weighted by Crippen LogP contribution is 1.94. The Labute approximate surface area is 65.1 Å². The molecule has 0 saturated carbocycles. The van der Waals surface area contributed by atoms with Gasteiger partial charge in [0.05, 0.1) is 0 Å². The van der Waals surface area contributed by atoms with Crippen LogP contribution in [0.15, 0.2) is 11.8 Å². The SMILES string of the molecule is CC(C)=CNC(=O)C(C)[SiH3]. The predicted octanol–water partition coefficient (Wildman–Crippen LogP) is 0.200. The second-order valence-electron chi connectivity index (χ2n) is 2.88. The molecule has 3 heteroatoms. The second-order valence-corrected chi connectivity index (χ2v) is 4.62. The average molecular weight is 157 g/mol. The molecule has 1 N–H and O–H groups in total. The standard InChI is InChI=1S/C7H15NOSi/c1-5(2)4-8-7(9)6(3)10/h4,6H,1-3,10H3,(H,8,9). The molecule has 0 bridgehead atoms. The van der Waals surface area contributed by atoms with Crippen LogP contribution in [0.2, 0.25) is 5.54 Å². The molecule has 0 aliphatic rings. The van der Waals surface area contributed by atoms with Crippen molar-refractivity contribution in [2.45, 2.75) is 26.3 Å². The first-order valence-electron chi connectivity index (χ1n) is 3.47. The third-order valence-corrected chi connectivity index (χ3v) is 1.55. The summed E-state index contributed by atoms with van der Waals surface area (Å²) in [4.78, 5) is 10.9. The number of allylic oxidation sites excluding steroid dienone is 1. The van der Waals surface area contributed by atoms with Gasteiger partial charge in [0.25, 0.3) is 0 Å². The fourth-order valence-electron chi connectivity index (χ4n) is 0.382. The van der Waals surface area contributed by atoms with Gasteiger partial charge in [-0.3, -0.25) is 4.79 Å². The van der Waals surface area contributed by atoms with Crippen molar-refractivity contribution in [3.05, 3.63) is 11.8 Å². The van der Waals surface area contributed by atoms with E-state index in [1.165, 1.54) is 0 Å². The van der Waals surface area contributed by atoms with Crippen LogP contribution in [0.5, 0.6) is 0 Å². The van der Waals surface area contributed by atoms with Crippen LogP contribution in [0.4, 0.5) is 0 Å². The van der Waals surface area contributed by atoms with Gasteiger partial charge in [-0.25, -0.2) is 0 Å². The smallest absolute Gasteiger partial charge is 0.223 e. The van der Waals surface area contributed by atoms with E-state index in [0.717, 1.165) is 15.8 Å². The predicted molar refractivity (Wildman–Crippen MR) is 46.9 cm³/mol. The summed E-state index contributed by atoms with van der Waals surface area (Å²) in [7, 11) is 0.922. The van der Waals surface area contributed by atoms with Crippen LogP contribution in [0.25, 0.3) is 0 Å². The van der Waals surface area contributed by atoms with Crippen molar-refractivity contribution in [2.24, 2.45) is 0 Å². The van der Waals surface area contributed by atoms with Crippen molar-refractivity contribution >= 4 is 16.1 Å². The highest BCUT2D eigenvalue weighted by atomic mass is 28.1. The van der Waals surface area contributed by atoms with Gasteiger partial charge in [0.15, 0.2) is 0 Å². The zero-order chi connectivity index (χ0) is 8.15. The molecule has 0 aromatic carbocycles. The van der Waals surface area contributed by atoms with Crippen molar-refractivity contribution in [3.8, 4) is 0 Å². The topological polar surface area (TPSA) is 29.1 Å². The monoisotopic (exact) mass is 157 g/mol. The molecule has 0 saturated heterocycles. The average Bonchev–Trinajstić information content (AvgIpc) is 1.82. The van der Waals surface area contributed by atoms with Crippen molar-refractivity contribution in [1.29, 1.82) is 0 Å². The van der Waals surface area contributed by atoms with Crippen molar-refractivity contribution in [2.75, 3.05) is 0 Å². The molecular formula is C7H15NOSi. The van der Waals surface area contributed by atoms with Gasteiger partial charge in [0.1, 0.15) is 0 Å². The lowest BCUT2D eigenvalue weighted by atomic mass is 10.4. The summed E-state index contributed by atoms with van der Waals surface area (Å²) in [5, 5.41) is 2.72. The summed E-state index contributed by atoms with van der Waals surface area (Å²) in [6.45, 7) is 5.84. The second kappa shape index (κ2) is 4.28. The number of carbonyl (C=O) groups is 1. The minimum atomic E-state index is 0.132. The first-order valence-corrected chi connectivity index (χ1v) is 4.63. The number of amides is 1. The van der Waals surface area contributed by atoms with E-state index in [1.54, 1.807) is 6.20 Å². The quantitative estimate of drug-likeness (QED) is 0.570. The Morgan fingerprint density at radius 3 is 2.40 bits per heavy atom. The molecule has 0 spiro atoms. The molecular weight excluding hydrogens is 142 g/mol. The van der Waals surface area contributed by atoms with Gasteiger partial charge in [0.2, 0.25) is 5.91 Å². The molecule has 0 aliphatic carbocycles. The van der Waals surface area contributed by atoms with Crippen LogP contribution in [0, 0.1) is 0 Å². The van der Waals surface area contributed by atoms with Gasteiger partial charge in [0, 0.05) is 22.0 Å². The lowest BCUT2D eigenvalue weighted by molar-refractivity contribution is -0.119. The Morgan fingerprint density at radius 1 is 1.60 bits per heavy atom. The maximum absolute atomic E-state index is 10.9. The Bertz CT molecular complexity index is 148. The molecule has 2 nitrogen and oxygen atoms in total. The number of carbonyl (C=O) groups excluding carboxylic acids is 1. The Balaban J connectivity index is 3.71. The van der Waals surface area contributed by atoms with E-state index in [4.69, 9.17) is 0 Å². The molecule has 0 radical (unpaired) electrons. The number of hydrogen-bond donors (Lipinski definition) is 1. The van der Waals surface area contributed by atoms with Gasteiger partial charge in [-0.15, -0.1) is 0 Å². The fraction of sp³-hybridized carbons (Fsp3) is 0.571. The van der Waals surface area contributed by atoms with Crippen molar-refractivity contribution < 1.29 is 4.79 Å². The normalized spacial score (nSPS) is 12.3. The number of hydrogen-bond acceptors (Lipinski definition) is 1. The minimum absolute atomic E-state index is 0.132. The van der Waals surface area contributed by atoms with E-state index in [2.05, 4.69) is 5.32 Å². The highest BCUT2D eigenvalue weighted by molar-refractivity contribution is 6.23. The molecule has 1 atom stereocenters. The van der Waals surface area contributed by atoms with Crippen LogP contribution < -0.4 is 5.32 Å². The largest absolute Gasteiger partial charge is 0.333 e. The molecule has 10 heavy (non-hydrogen) atoms. The molecule has 0 rings (SSSR count). The van der Waals surface area contributed by atoms with Crippen LogP contribution in [0.1, 0.15) is 20.8 Å². The van der Waals surface area contributed by atoms with E-state index in [-0.39, 0.29) is 11.4 Å². The van der Waals surface area contributed by atoms with E-state index in [1.807, 2.05) is 20.8 Å². The lowest BCUT2D eigenvalue weighted by Crippen LogP contribution is -2.21. The van der Waals surface area contributed by atoms with Gasteiger partial charge < -0.3 is 5.32 Å². The van der Waals surface area contributed by atoms with E-state index >= 15 is 0 Å². The van der Waals surface area contributed by atoms with Crippen molar-refractivity contribution in [1.82, 2.24) is 5.32 Å². The molecule has 1 amide bonds. The molecule has 0 aromatic rings. The summed E-state index contributed by atoms with van der Waals surface area (Å²) in [6, 6.07) is 0. The number of rotatable bonds is 2. The van der Waals surface area contributed by atoms with Gasteiger partial charge in [-0.2, -0.15) is 0 Å². The van der Waals surface area contributed by atoms with E-state index in [9.17, 15) is 4.79 Å². The Hall–Kier alpha value is -0.573. The number of nitrogens with one attached hydrogen (secondary N) is 1. The van der Waals surface area contributed by atoms with Gasteiger partial charge in [-0.1, -0.05) is 12.5 Å². The zero-order valence-corrected chi connectivity index (χ0v) is 9.06. The summed E-state index contributed by atoms with van der Waals surface area (Å²) in [5.41, 5.74) is 1.33. The maximum Gasteiger partial charge on any atom is 0.223 e. The summed E-state index contributed by atoms with van der Waals surface area (Å²) < 4.78 is 0. The highest BCUT2D eigenvalue weighted by Gasteiger charge is 2.02. The van der Waals surface area contributed by atoms with Crippen LogP contribution in [-0.4, -0.2) is 16.1 Å². The van der Waals surface area contributed by atoms with Crippen LogP contribution >= 0.6 is 0 Å². The summed E-state index contributed by atoms with van der Waals surface area (Å²) in [6.07, 6.45) is 1.75. The Kier molecular flexibility index (Phi) is 4.03. The molecule has 1 unspecified atom stereocenters. The summed E-state index contributed by atoms with van der Waals surface area (Å²) in [5.74, 6) is 0.132. The zero-order valence-electron chi connectivity index (χ0n) is 7.06. The van der Waals surface area contributed by atoms with E-state index in [0.29, 0.717) is 0 Å². The van der Waals surface area contributed by atoms with Gasteiger partial charge >= 0.3 is 0 Å². The van der Waals surface area contributed by atoms with Gasteiger partial charge in [-0.05, 0) is 13.8 Å². The van der Waals surface area contributed by atoms with Crippen molar-refractivity contribution in [3.63, 3.8) is 0 Å². The molecule has 0 fully saturated rings. The van der Waals surface area contributed by atoms with Crippen LogP contribution in [0.3, 0.4) is 0 Å². The molecule has 0 aliphatic heterocycles. The third kappa shape index (κ3) is 4.32. The molecule has 0 heterocycles. The Morgan fingerprint density at radius 2 is 2.10 bits per heavy atom. The first-order chi connectivity index (χ1) is 4.54. The third-order valence-electron chi connectivity index (χ3n) is 1.03. The summed E-state index contributed by atoms with van der Waals surface area (Å²) >= 11 is 0. The molecule has 58 valence electrons. The maximum atomic E-state index is 10.9. The fourth-order valence-corrected chi connectivity index (χ4v) is 0.549. The molecule has 0 aromatic heterocycles. The first kappa shape index (κ1) is 9.43.